The minimum Gasteiger partial charge on any atom is -0.207 e. The summed E-state index contributed by atoms with van der Waals surface area (Å²) in [4.78, 5) is 0. The van der Waals surface area contributed by atoms with E-state index in [-0.39, 0.29) is 5.82 Å². The highest BCUT2D eigenvalue weighted by Gasteiger charge is 2.17. The predicted octanol–water partition coefficient (Wildman–Crippen LogP) is 6.48. The van der Waals surface area contributed by atoms with Crippen LogP contribution in [-0.4, -0.2) is 12.3 Å². The smallest absolute Gasteiger partial charge is 0.133 e. The van der Waals surface area contributed by atoms with E-state index in [0.29, 0.717) is 0 Å². The number of unbranched alkanes of at least 4 members (excludes halogenated alkanes) is 2. The van der Waals surface area contributed by atoms with E-state index in [0.717, 1.165) is 42.5 Å². The number of hydrogen-bond donors (Lipinski definition) is 0. The third-order valence-corrected chi connectivity index (χ3v) is 7.08. The number of benzene rings is 1. The second-order valence-electron chi connectivity index (χ2n) is 6.14. The molecule has 0 saturated carbocycles. The fraction of sp³-hybridized carbons (Fsp3) is 0.684. The molecular formula is C19H31F2P. The Kier molecular flexibility index (Phi) is 9.87. The molecule has 3 heteroatoms. The van der Waals surface area contributed by atoms with E-state index in [9.17, 15) is 8.78 Å². The van der Waals surface area contributed by atoms with Crippen molar-refractivity contribution in [3.8, 4) is 0 Å². The van der Waals surface area contributed by atoms with Gasteiger partial charge in [-0.3, -0.25) is 0 Å². The molecule has 0 aromatic heterocycles. The van der Waals surface area contributed by atoms with E-state index in [1.54, 1.807) is 6.07 Å². The first-order valence-corrected chi connectivity index (χ1v) is 10.5. The average Bonchev–Trinajstić information content (AvgIpc) is 2.51. The Hall–Kier alpha value is -0.490. The van der Waals surface area contributed by atoms with Gasteiger partial charge in [0.25, 0.3) is 0 Å². The fourth-order valence-corrected chi connectivity index (χ4v) is 5.56. The molecule has 0 aliphatic rings. The Morgan fingerprint density at radius 1 is 0.955 bits per heavy atom. The minimum atomic E-state index is -0.490. The van der Waals surface area contributed by atoms with Gasteiger partial charge in [-0.05, 0) is 43.2 Å². The lowest BCUT2D eigenvalue weighted by molar-refractivity contribution is 0.441. The zero-order valence-corrected chi connectivity index (χ0v) is 15.3. The van der Waals surface area contributed by atoms with Crippen LogP contribution in [0.1, 0.15) is 65.7 Å². The zero-order valence-electron chi connectivity index (χ0n) is 14.4. The lowest BCUT2D eigenvalue weighted by Crippen LogP contribution is -2.13. The van der Waals surface area contributed by atoms with Crippen molar-refractivity contribution in [1.29, 1.82) is 0 Å². The van der Waals surface area contributed by atoms with Crippen LogP contribution in [0.4, 0.5) is 8.78 Å². The molecule has 0 saturated heterocycles. The molecule has 0 radical (unpaired) electrons. The van der Waals surface area contributed by atoms with Gasteiger partial charge in [0.15, 0.2) is 0 Å². The Morgan fingerprint density at radius 2 is 1.68 bits per heavy atom. The molecule has 0 amide bonds. The van der Waals surface area contributed by atoms with Crippen molar-refractivity contribution in [3.63, 3.8) is 0 Å². The Morgan fingerprint density at radius 3 is 2.27 bits per heavy atom. The maximum absolute atomic E-state index is 14.1. The predicted molar refractivity (Wildman–Crippen MR) is 95.5 cm³/mol. The highest BCUT2D eigenvalue weighted by atomic mass is 31.1. The lowest BCUT2D eigenvalue weighted by Gasteiger charge is -2.22. The van der Waals surface area contributed by atoms with Crippen molar-refractivity contribution in [1.82, 2.24) is 0 Å². The summed E-state index contributed by atoms with van der Waals surface area (Å²) in [5, 5.41) is 0.773. The first-order valence-electron chi connectivity index (χ1n) is 8.82. The average molecular weight is 328 g/mol. The fourth-order valence-electron chi connectivity index (χ4n) is 2.82. The molecule has 22 heavy (non-hydrogen) atoms. The van der Waals surface area contributed by atoms with Crippen molar-refractivity contribution in [2.45, 2.75) is 65.7 Å². The summed E-state index contributed by atoms with van der Waals surface area (Å²) in [7, 11) is -0.490. The molecular weight excluding hydrogens is 297 g/mol. The van der Waals surface area contributed by atoms with Crippen LogP contribution in [0.25, 0.3) is 0 Å². The van der Waals surface area contributed by atoms with Crippen LogP contribution in [0.3, 0.4) is 0 Å². The van der Waals surface area contributed by atoms with Gasteiger partial charge >= 0.3 is 0 Å². The molecule has 0 fully saturated rings. The maximum atomic E-state index is 14.1. The van der Waals surface area contributed by atoms with Crippen molar-refractivity contribution in [3.05, 3.63) is 29.8 Å². The summed E-state index contributed by atoms with van der Waals surface area (Å²) in [6.07, 6.45) is 10.6. The highest BCUT2D eigenvalue weighted by Crippen LogP contribution is 2.39. The van der Waals surface area contributed by atoms with Crippen molar-refractivity contribution in [2.24, 2.45) is 5.92 Å². The summed E-state index contributed by atoms with van der Waals surface area (Å²) in [5.41, 5.74) is 0. The molecule has 0 nitrogen and oxygen atoms in total. The molecule has 0 heterocycles. The summed E-state index contributed by atoms with van der Waals surface area (Å²) < 4.78 is 27.3. The van der Waals surface area contributed by atoms with Crippen LogP contribution in [0.2, 0.25) is 0 Å². The van der Waals surface area contributed by atoms with Gasteiger partial charge in [0, 0.05) is 11.4 Å². The van der Waals surface area contributed by atoms with Crippen molar-refractivity contribution < 1.29 is 8.78 Å². The summed E-state index contributed by atoms with van der Waals surface area (Å²) in [6, 6.07) is 4.14. The van der Waals surface area contributed by atoms with Crippen LogP contribution in [0.5, 0.6) is 0 Å². The van der Waals surface area contributed by atoms with Gasteiger partial charge in [-0.1, -0.05) is 60.8 Å². The molecule has 0 bridgehead atoms. The SMILES string of the molecule is CCCCC(CC)CCP(CCCC)c1ccc(F)cc1F. The third kappa shape index (κ3) is 6.73. The van der Waals surface area contributed by atoms with Gasteiger partial charge in [-0.15, -0.1) is 0 Å². The summed E-state index contributed by atoms with van der Waals surface area (Å²) >= 11 is 0. The molecule has 1 aromatic carbocycles. The number of hydrogen-bond acceptors (Lipinski definition) is 0. The van der Waals surface area contributed by atoms with Gasteiger partial charge in [0.1, 0.15) is 11.6 Å². The molecule has 1 aromatic rings. The minimum absolute atomic E-state index is 0.344. The summed E-state index contributed by atoms with van der Waals surface area (Å²) in [5.74, 6) is -0.0556. The maximum Gasteiger partial charge on any atom is 0.133 e. The van der Waals surface area contributed by atoms with Crippen LogP contribution in [0.15, 0.2) is 18.2 Å². The van der Waals surface area contributed by atoms with Gasteiger partial charge in [-0.2, -0.15) is 0 Å². The molecule has 0 aliphatic heterocycles. The quantitative estimate of drug-likeness (QED) is 0.408. The number of rotatable bonds is 11. The lowest BCUT2D eigenvalue weighted by atomic mass is 9.97. The first-order chi connectivity index (χ1) is 10.6. The molecule has 0 aliphatic carbocycles. The van der Waals surface area contributed by atoms with E-state index in [1.165, 1.54) is 38.2 Å². The molecule has 0 spiro atoms. The molecule has 2 unspecified atom stereocenters. The second kappa shape index (κ2) is 11.1. The second-order valence-corrected chi connectivity index (χ2v) is 8.60. The molecule has 0 N–H and O–H groups in total. The monoisotopic (exact) mass is 328 g/mol. The summed E-state index contributed by atoms with van der Waals surface area (Å²) in [6.45, 7) is 6.66. The zero-order chi connectivity index (χ0) is 16.4. The van der Waals surface area contributed by atoms with E-state index >= 15 is 0 Å². The van der Waals surface area contributed by atoms with Gasteiger partial charge in [0.2, 0.25) is 0 Å². The van der Waals surface area contributed by atoms with E-state index < -0.39 is 13.7 Å². The van der Waals surface area contributed by atoms with Crippen molar-refractivity contribution >= 4 is 13.2 Å². The topological polar surface area (TPSA) is 0 Å². The van der Waals surface area contributed by atoms with Gasteiger partial charge in [-0.25, -0.2) is 8.78 Å². The van der Waals surface area contributed by atoms with Crippen LogP contribution in [-0.2, 0) is 0 Å². The van der Waals surface area contributed by atoms with E-state index in [2.05, 4.69) is 20.8 Å². The Labute approximate surface area is 136 Å². The van der Waals surface area contributed by atoms with E-state index in [1.807, 2.05) is 0 Å². The van der Waals surface area contributed by atoms with Gasteiger partial charge in [0.05, 0.1) is 0 Å². The standard InChI is InChI=1S/C19H31F2P/c1-4-7-9-16(6-3)12-14-22(13-8-5-2)19-11-10-17(20)15-18(19)21/h10-11,15-16H,4-9,12-14H2,1-3H3. The molecule has 1 rings (SSSR count). The normalized spacial score (nSPS) is 14.0. The van der Waals surface area contributed by atoms with E-state index in [4.69, 9.17) is 0 Å². The van der Waals surface area contributed by atoms with Gasteiger partial charge < -0.3 is 0 Å². The molecule has 2 atom stereocenters. The van der Waals surface area contributed by atoms with Crippen LogP contribution < -0.4 is 5.30 Å². The first kappa shape index (κ1) is 19.6. The van der Waals surface area contributed by atoms with Crippen molar-refractivity contribution in [2.75, 3.05) is 12.3 Å². The highest BCUT2D eigenvalue weighted by molar-refractivity contribution is 7.65. The Balaban J connectivity index is 2.71. The third-order valence-electron chi connectivity index (χ3n) is 4.38. The molecule has 126 valence electrons. The largest absolute Gasteiger partial charge is 0.207 e. The Bertz CT molecular complexity index is 420. The number of halogens is 2. The van der Waals surface area contributed by atoms with Crippen LogP contribution >= 0.6 is 7.92 Å². The van der Waals surface area contributed by atoms with Crippen LogP contribution in [0, 0.1) is 17.6 Å².